The van der Waals surface area contributed by atoms with Crippen LogP contribution in [0.5, 0.6) is 11.5 Å². The molecule has 1 aliphatic heterocycles. The highest BCUT2D eigenvalue weighted by atomic mass is 35.5. The number of amides is 2. The Balaban J connectivity index is 1.50. The van der Waals surface area contributed by atoms with Gasteiger partial charge in [-0.05, 0) is 48.5 Å². The minimum absolute atomic E-state index is 0.256. The summed E-state index contributed by atoms with van der Waals surface area (Å²) in [4.78, 5) is 32.7. The van der Waals surface area contributed by atoms with Crippen LogP contribution in [0.1, 0.15) is 32.0 Å². The van der Waals surface area contributed by atoms with E-state index in [0.717, 1.165) is 11.3 Å². The molecule has 7 heteroatoms. The van der Waals surface area contributed by atoms with Gasteiger partial charge >= 0.3 is 0 Å². The normalized spacial score (nSPS) is 12.1. The van der Waals surface area contributed by atoms with E-state index in [0.29, 0.717) is 22.2 Å². The predicted octanol–water partition coefficient (Wildman–Crippen LogP) is 5.62. The lowest BCUT2D eigenvalue weighted by atomic mass is 10.0. The maximum atomic E-state index is 13.9. The van der Waals surface area contributed by atoms with Crippen LogP contribution in [0.15, 0.2) is 91.1 Å². The number of carbonyl (C=O) groups excluding carboxylic acids is 2. The first kappa shape index (κ1) is 21.7. The Hall–Kier alpha value is -4.16. The number of anilines is 1. The van der Waals surface area contributed by atoms with E-state index in [1.165, 1.54) is 0 Å². The SMILES string of the molecule is O=C(NCc1ccccn1)c1ccccc1C(=O)N1Cc2ccccc2Oc2ccc(Cl)cc21. The number of benzene rings is 3. The number of ether oxygens (including phenoxy) is 1. The number of hydrogen-bond donors (Lipinski definition) is 1. The standard InChI is InChI=1S/C27H20ClN3O3/c28-19-12-13-25-23(15-19)31(17-18-7-1-4-11-24(18)34-25)27(33)22-10-3-2-9-21(22)26(32)30-16-20-8-5-6-14-29-20/h1-15H,16-17H2,(H,30,32). The third kappa shape index (κ3) is 4.36. The van der Waals surface area contributed by atoms with Gasteiger partial charge in [-0.2, -0.15) is 0 Å². The first-order chi connectivity index (χ1) is 16.6. The fraction of sp³-hybridized carbons (Fsp3) is 0.0741. The van der Waals surface area contributed by atoms with Gasteiger partial charge in [-0.15, -0.1) is 0 Å². The first-order valence-corrected chi connectivity index (χ1v) is 11.1. The molecule has 1 N–H and O–H groups in total. The van der Waals surface area contributed by atoms with E-state index in [-0.39, 0.29) is 36.0 Å². The molecular formula is C27H20ClN3O3. The molecule has 1 aromatic heterocycles. The zero-order valence-corrected chi connectivity index (χ0v) is 18.8. The van der Waals surface area contributed by atoms with Crippen LogP contribution in [-0.2, 0) is 13.1 Å². The lowest BCUT2D eigenvalue weighted by Gasteiger charge is -2.23. The third-order valence-electron chi connectivity index (χ3n) is 5.54. The Bertz CT molecular complexity index is 1370. The highest BCUT2D eigenvalue weighted by Gasteiger charge is 2.29. The number of pyridine rings is 1. The summed E-state index contributed by atoms with van der Waals surface area (Å²) in [5.74, 6) is 0.502. The van der Waals surface area contributed by atoms with Crippen LogP contribution in [0.4, 0.5) is 5.69 Å². The van der Waals surface area contributed by atoms with Gasteiger partial charge in [-0.25, -0.2) is 0 Å². The van der Waals surface area contributed by atoms with Crippen molar-refractivity contribution in [1.82, 2.24) is 10.3 Å². The van der Waals surface area contributed by atoms with Crippen LogP contribution in [0.3, 0.4) is 0 Å². The minimum Gasteiger partial charge on any atom is -0.455 e. The van der Waals surface area contributed by atoms with Crippen molar-refractivity contribution >= 4 is 29.1 Å². The van der Waals surface area contributed by atoms with Gasteiger partial charge in [0.25, 0.3) is 11.8 Å². The molecule has 0 fully saturated rings. The Kier molecular flexibility index (Phi) is 5.97. The fourth-order valence-corrected chi connectivity index (χ4v) is 4.03. The lowest BCUT2D eigenvalue weighted by Crippen LogP contribution is -2.33. The Morgan fingerprint density at radius 3 is 2.50 bits per heavy atom. The monoisotopic (exact) mass is 469 g/mol. The number of fused-ring (bicyclic) bond motifs is 2. The molecule has 0 unspecified atom stereocenters. The molecule has 3 aromatic carbocycles. The van der Waals surface area contributed by atoms with Crippen molar-refractivity contribution in [2.75, 3.05) is 4.90 Å². The van der Waals surface area contributed by atoms with Gasteiger partial charge in [0.1, 0.15) is 5.75 Å². The summed E-state index contributed by atoms with van der Waals surface area (Å²) in [6, 6.07) is 25.0. The predicted molar refractivity (Wildman–Crippen MR) is 130 cm³/mol. The summed E-state index contributed by atoms with van der Waals surface area (Å²) in [5.41, 5.74) is 2.68. The maximum Gasteiger partial charge on any atom is 0.259 e. The van der Waals surface area contributed by atoms with E-state index in [1.807, 2.05) is 42.5 Å². The van der Waals surface area contributed by atoms with E-state index in [9.17, 15) is 9.59 Å². The number of para-hydroxylation sites is 1. The molecule has 1 aliphatic rings. The number of nitrogens with zero attached hydrogens (tertiary/aromatic N) is 2. The molecule has 34 heavy (non-hydrogen) atoms. The van der Waals surface area contributed by atoms with E-state index in [4.69, 9.17) is 16.3 Å². The van der Waals surface area contributed by atoms with E-state index >= 15 is 0 Å². The number of hydrogen-bond acceptors (Lipinski definition) is 4. The zero-order valence-electron chi connectivity index (χ0n) is 18.1. The lowest BCUT2D eigenvalue weighted by molar-refractivity contribution is 0.0930. The molecular weight excluding hydrogens is 450 g/mol. The molecule has 168 valence electrons. The average molecular weight is 470 g/mol. The van der Waals surface area contributed by atoms with Gasteiger partial charge in [0, 0.05) is 16.8 Å². The molecule has 0 aliphatic carbocycles. The molecule has 0 saturated carbocycles. The van der Waals surface area contributed by atoms with Crippen LogP contribution in [0, 0.1) is 0 Å². The molecule has 0 spiro atoms. The molecule has 0 atom stereocenters. The molecule has 0 bridgehead atoms. The molecule has 4 aromatic rings. The molecule has 2 amide bonds. The molecule has 5 rings (SSSR count). The minimum atomic E-state index is -0.354. The quantitative estimate of drug-likeness (QED) is 0.421. The van der Waals surface area contributed by atoms with Gasteiger partial charge in [0.15, 0.2) is 5.75 Å². The topological polar surface area (TPSA) is 71.5 Å². The van der Waals surface area contributed by atoms with Crippen molar-refractivity contribution < 1.29 is 14.3 Å². The summed E-state index contributed by atoms with van der Waals surface area (Å²) in [6.07, 6.45) is 1.67. The summed E-state index contributed by atoms with van der Waals surface area (Å²) < 4.78 is 6.10. The van der Waals surface area contributed by atoms with Gasteiger partial charge < -0.3 is 15.0 Å². The third-order valence-corrected chi connectivity index (χ3v) is 5.77. The smallest absolute Gasteiger partial charge is 0.259 e. The van der Waals surface area contributed by atoms with Crippen molar-refractivity contribution in [2.45, 2.75) is 13.1 Å². The zero-order chi connectivity index (χ0) is 23.5. The van der Waals surface area contributed by atoms with Gasteiger partial charge in [0.05, 0.1) is 35.6 Å². The summed E-state index contributed by atoms with van der Waals surface area (Å²) in [7, 11) is 0. The van der Waals surface area contributed by atoms with E-state index < -0.39 is 0 Å². The maximum absolute atomic E-state index is 13.9. The average Bonchev–Trinajstić information content (AvgIpc) is 3.04. The second-order valence-corrected chi connectivity index (χ2v) is 8.20. The molecule has 6 nitrogen and oxygen atoms in total. The van der Waals surface area contributed by atoms with Crippen LogP contribution in [0.25, 0.3) is 0 Å². The van der Waals surface area contributed by atoms with Crippen molar-refractivity contribution in [1.29, 1.82) is 0 Å². The highest BCUT2D eigenvalue weighted by Crippen LogP contribution is 2.41. The van der Waals surface area contributed by atoms with Gasteiger partial charge in [0.2, 0.25) is 0 Å². The van der Waals surface area contributed by atoms with Crippen LogP contribution < -0.4 is 15.0 Å². The van der Waals surface area contributed by atoms with Gasteiger partial charge in [-0.3, -0.25) is 14.6 Å². The molecule has 0 saturated heterocycles. The van der Waals surface area contributed by atoms with Crippen molar-refractivity contribution in [3.05, 3.63) is 119 Å². The van der Waals surface area contributed by atoms with Gasteiger partial charge in [-0.1, -0.05) is 48.0 Å². The Labute approximate surface area is 201 Å². The highest BCUT2D eigenvalue weighted by molar-refractivity contribution is 6.31. The largest absolute Gasteiger partial charge is 0.455 e. The Morgan fingerprint density at radius 2 is 1.68 bits per heavy atom. The van der Waals surface area contributed by atoms with Crippen molar-refractivity contribution in [2.24, 2.45) is 0 Å². The second kappa shape index (κ2) is 9.37. The fourth-order valence-electron chi connectivity index (χ4n) is 3.86. The van der Waals surface area contributed by atoms with E-state index in [2.05, 4.69) is 10.3 Å². The summed E-state index contributed by atoms with van der Waals surface area (Å²) >= 11 is 6.27. The first-order valence-electron chi connectivity index (χ1n) is 10.7. The van der Waals surface area contributed by atoms with Crippen molar-refractivity contribution in [3.8, 4) is 11.5 Å². The Morgan fingerprint density at radius 1 is 0.912 bits per heavy atom. The summed E-state index contributed by atoms with van der Waals surface area (Å²) in [5, 5.41) is 3.33. The van der Waals surface area contributed by atoms with E-state index in [1.54, 1.807) is 53.6 Å². The second-order valence-electron chi connectivity index (χ2n) is 7.76. The molecule has 2 heterocycles. The summed E-state index contributed by atoms with van der Waals surface area (Å²) in [6.45, 7) is 0.526. The van der Waals surface area contributed by atoms with Crippen LogP contribution in [-0.4, -0.2) is 16.8 Å². The number of nitrogens with one attached hydrogen (secondary N) is 1. The van der Waals surface area contributed by atoms with Crippen LogP contribution >= 0.6 is 11.6 Å². The number of halogens is 1. The van der Waals surface area contributed by atoms with Crippen molar-refractivity contribution in [3.63, 3.8) is 0 Å². The number of rotatable bonds is 4. The molecule has 0 radical (unpaired) electrons. The number of aromatic nitrogens is 1. The number of carbonyl (C=O) groups is 2. The van der Waals surface area contributed by atoms with Crippen LogP contribution in [0.2, 0.25) is 5.02 Å².